The van der Waals surface area contributed by atoms with E-state index < -0.39 is 0 Å². The van der Waals surface area contributed by atoms with Crippen molar-refractivity contribution < 1.29 is 14.1 Å². The molecule has 0 radical (unpaired) electrons. The minimum absolute atomic E-state index is 0.308. The van der Waals surface area contributed by atoms with Gasteiger partial charge in [0.05, 0.1) is 7.11 Å². The lowest BCUT2D eigenvalue weighted by atomic mass is 10.1. The number of hydrogen-bond acceptors (Lipinski definition) is 4. The molecule has 0 unspecified atom stereocenters. The maximum absolute atomic E-state index is 12.7. The summed E-state index contributed by atoms with van der Waals surface area (Å²) in [7, 11) is 1.57. The van der Waals surface area contributed by atoms with Gasteiger partial charge in [-0.25, -0.2) is 0 Å². The lowest BCUT2D eigenvalue weighted by Crippen LogP contribution is -2.13. The Hall–Kier alpha value is -2.79. The van der Waals surface area contributed by atoms with Crippen LogP contribution in [-0.4, -0.2) is 18.2 Å². The van der Waals surface area contributed by atoms with E-state index in [0.717, 1.165) is 5.56 Å². The van der Waals surface area contributed by atoms with Gasteiger partial charge in [0.15, 0.2) is 0 Å². The molecule has 2 aromatic carbocycles. The number of aromatic nitrogens is 1. The maximum Gasteiger partial charge on any atom is 0.261 e. The van der Waals surface area contributed by atoms with E-state index in [2.05, 4.69) is 10.5 Å². The molecule has 5 nitrogen and oxygen atoms in total. The number of carbonyl (C=O) groups is 1. The van der Waals surface area contributed by atoms with Gasteiger partial charge in [-0.15, -0.1) is 0 Å². The minimum Gasteiger partial charge on any atom is -0.497 e. The zero-order valence-electron chi connectivity index (χ0n) is 13.2. The van der Waals surface area contributed by atoms with Gasteiger partial charge < -0.3 is 14.6 Å². The standard InChI is InChI=1S/C18H15ClN2O3/c1-11-16(17(21-24-11)12-5-3-6-13(19)9-12)18(22)20-14-7-4-8-15(10-14)23-2/h3-10H,1-2H3,(H,20,22). The second-order valence-corrected chi connectivity index (χ2v) is 5.60. The number of methoxy groups -OCH3 is 1. The Balaban J connectivity index is 1.94. The molecule has 0 bridgehead atoms. The van der Waals surface area contributed by atoms with Crippen molar-refractivity contribution in [1.29, 1.82) is 0 Å². The summed E-state index contributed by atoms with van der Waals surface area (Å²) in [5, 5.41) is 7.40. The number of nitrogens with one attached hydrogen (secondary N) is 1. The van der Waals surface area contributed by atoms with Gasteiger partial charge in [0.1, 0.15) is 22.8 Å². The fourth-order valence-corrected chi connectivity index (χ4v) is 2.56. The van der Waals surface area contributed by atoms with Crippen LogP contribution in [0.2, 0.25) is 5.02 Å². The number of anilines is 1. The van der Waals surface area contributed by atoms with Crippen LogP contribution in [0.1, 0.15) is 16.1 Å². The molecule has 24 heavy (non-hydrogen) atoms. The highest BCUT2D eigenvalue weighted by Gasteiger charge is 2.22. The first-order valence-corrected chi connectivity index (χ1v) is 7.64. The fraction of sp³-hybridized carbons (Fsp3) is 0.111. The van der Waals surface area contributed by atoms with Crippen LogP contribution in [0.15, 0.2) is 53.1 Å². The molecule has 6 heteroatoms. The maximum atomic E-state index is 12.7. The van der Waals surface area contributed by atoms with E-state index in [0.29, 0.717) is 33.5 Å². The third-order valence-electron chi connectivity index (χ3n) is 3.52. The Morgan fingerprint density at radius 2 is 2.00 bits per heavy atom. The predicted octanol–water partition coefficient (Wildman–Crippen LogP) is 4.56. The third-order valence-corrected chi connectivity index (χ3v) is 3.75. The minimum atomic E-state index is -0.308. The molecule has 0 saturated heterocycles. The van der Waals surface area contributed by atoms with Gasteiger partial charge in [0.2, 0.25) is 0 Å². The highest BCUT2D eigenvalue weighted by molar-refractivity contribution is 6.30. The molecule has 0 aliphatic rings. The number of rotatable bonds is 4. The summed E-state index contributed by atoms with van der Waals surface area (Å²) in [5.74, 6) is 0.784. The molecule has 0 atom stereocenters. The van der Waals surface area contributed by atoms with Crippen molar-refractivity contribution in [1.82, 2.24) is 5.16 Å². The van der Waals surface area contributed by atoms with Gasteiger partial charge in [0.25, 0.3) is 5.91 Å². The van der Waals surface area contributed by atoms with E-state index in [1.165, 1.54) is 0 Å². The van der Waals surface area contributed by atoms with Crippen molar-refractivity contribution in [2.24, 2.45) is 0 Å². The summed E-state index contributed by atoms with van der Waals surface area (Å²) in [6, 6.07) is 14.2. The van der Waals surface area contributed by atoms with Gasteiger partial charge in [-0.05, 0) is 31.2 Å². The normalized spacial score (nSPS) is 10.5. The monoisotopic (exact) mass is 342 g/mol. The average Bonchev–Trinajstić information content (AvgIpc) is 2.97. The van der Waals surface area contributed by atoms with Gasteiger partial charge in [0, 0.05) is 22.3 Å². The average molecular weight is 343 g/mol. The number of carbonyl (C=O) groups excluding carboxylic acids is 1. The first kappa shape index (κ1) is 16.1. The van der Waals surface area contributed by atoms with Gasteiger partial charge >= 0.3 is 0 Å². The van der Waals surface area contributed by atoms with Gasteiger partial charge in [-0.2, -0.15) is 0 Å². The van der Waals surface area contributed by atoms with Crippen LogP contribution in [0.25, 0.3) is 11.3 Å². The number of halogens is 1. The number of amides is 1. The third kappa shape index (κ3) is 3.26. The summed E-state index contributed by atoms with van der Waals surface area (Å²) < 4.78 is 10.4. The van der Waals surface area contributed by atoms with Crippen LogP contribution in [0.5, 0.6) is 5.75 Å². The van der Waals surface area contributed by atoms with Crippen molar-refractivity contribution in [3.8, 4) is 17.0 Å². The molecule has 1 amide bonds. The first-order chi connectivity index (χ1) is 11.6. The van der Waals surface area contributed by atoms with Gasteiger partial charge in [-0.1, -0.05) is 35.0 Å². The Labute approximate surface area is 144 Å². The molecule has 122 valence electrons. The molecular formula is C18H15ClN2O3. The number of hydrogen-bond donors (Lipinski definition) is 1. The van der Waals surface area contributed by atoms with Gasteiger partial charge in [-0.3, -0.25) is 4.79 Å². The molecule has 0 aliphatic heterocycles. The summed E-state index contributed by atoms with van der Waals surface area (Å²) >= 11 is 6.02. The quantitative estimate of drug-likeness (QED) is 0.754. The zero-order chi connectivity index (χ0) is 17.1. The largest absolute Gasteiger partial charge is 0.497 e. The Bertz CT molecular complexity index is 889. The molecule has 0 aliphatic carbocycles. The van der Waals surface area contributed by atoms with E-state index in [9.17, 15) is 4.79 Å². The van der Waals surface area contributed by atoms with E-state index in [1.54, 1.807) is 56.5 Å². The number of benzene rings is 2. The highest BCUT2D eigenvalue weighted by Crippen LogP contribution is 2.28. The highest BCUT2D eigenvalue weighted by atomic mass is 35.5. The molecule has 0 spiro atoms. The van der Waals surface area contributed by atoms with Crippen molar-refractivity contribution in [3.05, 3.63) is 64.9 Å². The Morgan fingerprint density at radius 3 is 2.75 bits per heavy atom. The van der Waals surface area contributed by atoms with Crippen LogP contribution in [-0.2, 0) is 0 Å². The lowest BCUT2D eigenvalue weighted by Gasteiger charge is -2.07. The topological polar surface area (TPSA) is 64.4 Å². The van der Waals surface area contributed by atoms with Crippen molar-refractivity contribution in [2.75, 3.05) is 12.4 Å². The van der Waals surface area contributed by atoms with Crippen LogP contribution in [0.3, 0.4) is 0 Å². The molecule has 0 saturated carbocycles. The summed E-state index contributed by atoms with van der Waals surface area (Å²) in [6.07, 6.45) is 0. The SMILES string of the molecule is COc1cccc(NC(=O)c2c(-c3cccc(Cl)c3)noc2C)c1. The summed E-state index contributed by atoms with van der Waals surface area (Å²) in [6.45, 7) is 1.70. The molecule has 0 fully saturated rings. The second-order valence-electron chi connectivity index (χ2n) is 5.16. The van der Waals surface area contributed by atoms with Crippen LogP contribution in [0.4, 0.5) is 5.69 Å². The number of nitrogens with zero attached hydrogens (tertiary/aromatic N) is 1. The molecule has 3 rings (SSSR count). The molecule has 1 aromatic heterocycles. The van der Waals surface area contributed by atoms with Crippen molar-refractivity contribution in [2.45, 2.75) is 6.92 Å². The van der Waals surface area contributed by atoms with E-state index >= 15 is 0 Å². The predicted molar refractivity (Wildman–Crippen MR) is 92.6 cm³/mol. The van der Waals surface area contributed by atoms with Crippen LogP contribution in [0, 0.1) is 6.92 Å². The molecule has 3 aromatic rings. The van der Waals surface area contributed by atoms with Crippen LogP contribution >= 0.6 is 11.6 Å². The van der Waals surface area contributed by atoms with Crippen LogP contribution < -0.4 is 10.1 Å². The zero-order valence-corrected chi connectivity index (χ0v) is 13.9. The smallest absolute Gasteiger partial charge is 0.261 e. The fourth-order valence-electron chi connectivity index (χ4n) is 2.37. The Kier molecular flexibility index (Phi) is 4.53. The van der Waals surface area contributed by atoms with Crippen molar-refractivity contribution in [3.63, 3.8) is 0 Å². The van der Waals surface area contributed by atoms with Crippen molar-refractivity contribution >= 4 is 23.2 Å². The molecular weight excluding hydrogens is 328 g/mol. The lowest BCUT2D eigenvalue weighted by molar-refractivity contribution is 0.102. The molecule has 1 N–H and O–H groups in total. The summed E-state index contributed by atoms with van der Waals surface area (Å²) in [4.78, 5) is 12.7. The Morgan fingerprint density at radius 1 is 1.21 bits per heavy atom. The van der Waals surface area contributed by atoms with E-state index in [-0.39, 0.29) is 5.91 Å². The number of aryl methyl sites for hydroxylation is 1. The molecule has 1 heterocycles. The van der Waals surface area contributed by atoms with E-state index in [1.807, 2.05) is 6.07 Å². The first-order valence-electron chi connectivity index (χ1n) is 7.26. The summed E-state index contributed by atoms with van der Waals surface area (Å²) in [5.41, 5.74) is 2.17. The number of ether oxygens (including phenoxy) is 1. The second kappa shape index (κ2) is 6.76. The van der Waals surface area contributed by atoms with E-state index in [4.69, 9.17) is 20.9 Å².